The molecular formula is C16H22BrN5OS. The molecule has 0 aliphatic heterocycles. The molecule has 2 rings (SSSR count). The first kappa shape index (κ1) is 18.7. The number of alkyl halides is 1. The molecule has 24 heavy (non-hydrogen) atoms. The van der Waals surface area contributed by atoms with E-state index in [-0.39, 0.29) is 11.2 Å². The van der Waals surface area contributed by atoms with Crippen molar-refractivity contribution in [3.05, 3.63) is 36.4 Å². The second-order valence-corrected chi connectivity index (χ2v) is 8.03. The summed E-state index contributed by atoms with van der Waals surface area (Å²) in [4.78, 5) is 13.9. The van der Waals surface area contributed by atoms with Gasteiger partial charge in [0.15, 0.2) is 0 Å². The van der Waals surface area contributed by atoms with Gasteiger partial charge in [0.1, 0.15) is 0 Å². The number of carbonyl (C=O) groups is 1. The fourth-order valence-electron chi connectivity index (χ4n) is 2.45. The van der Waals surface area contributed by atoms with Gasteiger partial charge in [0.2, 0.25) is 5.91 Å². The van der Waals surface area contributed by atoms with Gasteiger partial charge in [-0.2, -0.15) is 0 Å². The van der Waals surface area contributed by atoms with Crippen molar-refractivity contribution in [2.24, 2.45) is 0 Å². The Morgan fingerprint density at radius 2 is 1.79 bits per heavy atom. The lowest BCUT2D eigenvalue weighted by molar-refractivity contribution is -0.118. The van der Waals surface area contributed by atoms with E-state index in [1.54, 1.807) is 0 Å². The van der Waals surface area contributed by atoms with E-state index in [9.17, 15) is 4.79 Å². The Balaban J connectivity index is 2.27. The monoisotopic (exact) mass is 411 g/mol. The van der Waals surface area contributed by atoms with E-state index in [0.717, 1.165) is 16.5 Å². The molecule has 0 heterocycles. The standard InChI is InChI=1S/C16H22BrN5OS/c1-22(2)14-7-3-6-13-12(14)5-4-8-15(13)24(18,19)21-10-9-20-16(23)11-17/h3-8H,9-11H2,1-2H3,(H,20,23)(H3,18,19,21). The van der Waals surface area contributed by atoms with E-state index in [0.29, 0.717) is 18.0 Å². The van der Waals surface area contributed by atoms with Crippen LogP contribution in [0.2, 0.25) is 0 Å². The highest BCUT2D eigenvalue weighted by Gasteiger charge is 2.12. The molecule has 0 aliphatic rings. The van der Waals surface area contributed by atoms with Crippen molar-refractivity contribution >= 4 is 48.1 Å². The summed E-state index contributed by atoms with van der Waals surface area (Å²) in [5, 5.41) is 4.91. The topological polar surface area (TPSA) is 92.1 Å². The number of fused-ring (bicyclic) bond motifs is 1. The maximum absolute atomic E-state index is 11.2. The SMILES string of the molecule is CN(C)c1cccc2c(S(=N)(=N)NCCNC(=O)CBr)cccc12. The number of rotatable bonds is 7. The highest BCUT2D eigenvalue weighted by Crippen LogP contribution is 2.30. The van der Waals surface area contributed by atoms with Gasteiger partial charge in [0.05, 0.1) is 5.33 Å². The van der Waals surface area contributed by atoms with E-state index < -0.39 is 9.81 Å². The van der Waals surface area contributed by atoms with Crippen LogP contribution in [0.15, 0.2) is 41.3 Å². The third kappa shape index (κ3) is 4.25. The minimum atomic E-state index is -2.67. The van der Waals surface area contributed by atoms with Crippen LogP contribution in [0.5, 0.6) is 0 Å². The van der Waals surface area contributed by atoms with E-state index >= 15 is 0 Å². The molecule has 0 saturated heterocycles. The Hall–Kier alpha value is -1.64. The van der Waals surface area contributed by atoms with Gasteiger partial charge in [-0.05, 0) is 12.1 Å². The molecule has 0 atom stereocenters. The number of benzene rings is 2. The summed E-state index contributed by atoms with van der Waals surface area (Å²) in [6.07, 6.45) is 0. The lowest BCUT2D eigenvalue weighted by atomic mass is 10.1. The zero-order chi connectivity index (χ0) is 17.7. The van der Waals surface area contributed by atoms with Crippen molar-refractivity contribution in [3.63, 3.8) is 0 Å². The molecule has 6 nitrogen and oxygen atoms in total. The van der Waals surface area contributed by atoms with E-state index in [2.05, 4.69) is 26.0 Å². The molecule has 0 bridgehead atoms. The number of halogens is 1. The molecule has 2 aromatic rings. The Labute approximate surface area is 151 Å². The molecule has 1 amide bonds. The second-order valence-electron chi connectivity index (χ2n) is 5.51. The summed E-state index contributed by atoms with van der Waals surface area (Å²) in [5.74, 6) is -0.104. The predicted molar refractivity (Wildman–Crippen MR) is 104 cm³/mol. The molecule has 2 aromatic carbocycles. The van der Waals surface area contributed by atoms with Crippen LogP contribution < -0.4 is 14.9 Å². The summed E-state index contributed by atoms with van der Waals surface area (Å²) >= 11 is 3.08. The lowest BCUT2D eigenvalue weighted by Crippen LogP contribution is -2.34. The van der Waals surface area contributed by atoms with Crippen molar-refractivity contribution in [1.82, 2.24) is 10.0 Å². The normalized spacial score (nSPS) is 11.5. The average molecular weight is 412 g/mol. The van der Waals surface area contributed by atoms with Crippen molar-refractivity contribution in [2.75, 3.05) is 37.4 Å². The van der Waals surface area contributed by atoms with Crippen LogP contribution >= 0.6 is 15.9 Å². The molecule has 4 N–H and O–H groups in total. The van der Waals surface area contributed by atoms with Crippen LogP contribution in [-0.4, -0.2) is 38.4 Å². The molecule has 0 fully saturated rings. The molecule has 0 saturated carbocycles. The quantitative estimate of drug-likeness (QED) is 0.416. The fraction of sp³-hybridized carbons (Fsp3) is 0.312. The summed E-state index contributed by atoms with van der Waals surface area (Å²) in [6.45, 7) is 0.773. The van der Waals surface area contributed by atoms with Crippen LogP contribution in [-0.2, 0) is 14.6 Å². The minimum Gasteiger partial charge on any atom is -0.377 e. The van der Waals surface area contributed by atoms with Gasteiger partial charge in [-0.15, -0.1) is 0 Å². The van der Waals surface area contributed by atoms with Crippen LogP contribution in [0.3, 0.4) is 0 Å². The molecule has 0 aliphatic carbocycles. The number of hydrogen-bond acceptors (Lipinski definition) is 4. The average Bonchev–Trinajstić information content (AvgIpc) is 2.57. The predicted octanol–water partition coefficient (Wildman–Crippen LogP) is 2.96. The largest absolute Gasteiger partial charge is 0.377 e. The van der Waals surface area contributed by atoms with Gasteiger partial charge >= 0.3 is 0 Å². The fourth-order valence-corrected chi connectivity index (χ4v) is 4.01. The van der Waals surface area contributed by atoms with Crippen LogP contribution in [0.1, 0.15) is 0 Å². The summed E-state index contributed by atoms with van der Waals surface area (Å²) < 4.78 is 19.9. The van der Waals surface area contributed by atoms with Gasteiger partial charge in [-0.1, -0.05) is 40.2 Å². The van der Waals surface area contributed by atoms with E-state index in [1.165, 1.54) is 0 Å². The van der Waals surface area contributed by atoms with E-state index in [4.69, 9.17) is 9.56 Å². The molecule has 0 aromatic heterocycles. The molecule has 0 spiro atoms. The third-order valence-corrected chi connectivity index (χ3v) is 5.72. The highest BCUT2D eigenvalue weighted by molar-refractivity contribution is 9.09. The Bertz CT molecular complexity index is 835. The maximum atomic E-state index is 11.2. The van der Waals surface area contributed by atoms with Gasteiger partial charge < -0.3 is 10.2 Å². The van der Waals surface area contributed by atoms with Crippen molar-refractivity contribution in [2.45, 2.75) is 4.90 Å². The first-order valence-electron chi connectivity index (χ1n) is 7.45. The maximum Gasteiger partial charge on any atom is 0.230 e. The van der Waals surface area contributed by atoms with Crippen molar-refractivity contribution in [1.29, 1.82) is 9.56 Å². The van der Waals surface area contributed by atoms with Gasteiger partial charge in [-0.3, -0.25) is 14.4 Å². The first-order chi connectivity index (χ1) is 11.4. The number of carbonyl (C=O) groups excluding carboxylic acids is 1. The third-order valence-electron chi connectivity index (χ3n) is 3.56. The Morgan fingerprint density at radius 1 is 1.12 bits per heavy atom. The van der Waals surface area contributed by atoms with Crippen LogP contribution in [0, 0.1) is 9.56 Å². The van der Waals surface area contributed by atoms with Gasteiger partial charge in [0, 0.05) is 58.3 Å². The zero-order valence-electron chi connectivity index (χ0n) is 13.7. The number of nitrogens with one attached hydrogen (secondary N) is 4. The van der Waals surface area contributed by atoms with Gasteiger partial charge in [-0.25, -0.2) is 4.72 Å². The molecule has 0 radical (unpaired) electrons. The molecular weight excluding hydrogens is 390 g/mol. The molecule has 130 valence electrons. The van der Waals surface area contributed by atoms with Gasteiger partial charge in [0.25, 0.3) is 0 Å². The number of amides is 1. The smallest absolute Gasteiger partial charge is 0.230 e. The Kier molecular flexibility index (Phi) is 6.20. The second kappa shape index (κ2) is 7.96. The zero-order valence-corrected chi connectivity index (χ0v) is 16.1. The number of anilines is 1. The van der Waals surface area contributed by atoms with Crippen molar-refractivity contribution < 1.29 is 4.79 Å². The van der Waals surface area contributed by atoms with Crippen LogP contribution in [0.4, 0.5) is 5.69 Å². The number of nitrogens with zero attached hydrogens (tertiary/aromatic N) is 1. The van der Waals surface area contributed by atoms with Crippen molar-refractivity contribution in [3.8, 4) is 0 Å². The van der Waals surface area contributed by atoms with Crippen LogP contribution in [0.25, 0.3) is 10.8 Å². The molecule has 8 heteroatoms. The summed E-state index contributed by atoms with van der Waals surface area (Å²) in [7, 11) is 1.29. The first-order valence-corrected chi connectivity index (χ1v) is 10.2. The molecule has 0 unspecified atom stereocenters. The highest BCUT2D eigenvalue weighted by atomic mass is 79.9. The summed E-state index contributed by atoms with van der Waals surface area (Å²) in [6, 6.07) is 11.7. The minimum absolute atomic E-state index is 0.104. The van der Waals surface area contributed by atoms with E-state index in [1.807, 2.05) is 55.4 Å². The Morgan fingerprint density at radius 3 is 2.46 bits per heavy atom. The lowest BCUT2D eigenvalue weighted by Gasteiger charge is -2.19. The summed E-state index contributed by atoms with van der Waals surface area (Å²) in [5.41, 5.74) is 1.06. The number of hydrogen-bond donors (Lipinski definition) is 4.